The maximum Gasteiger partial charge on any atom is 0.333 e. The van der Waals surface area contributed by atoms with Crippen LogP contribution in [-0.2, 0) is 18.3 Å². The van der Waals surface area contributed by atoms with E-state index in [-0.39, 0.29) is 18.5 Å². The van der Waals surface area contributed by atoms with Gasteiger partial charge in [0.2, 0.25) is 0 Å². The number of halogens is 1. The predicted molar refractivity (Wildman–Crippen MR) is 114 cm³/mol. The van der Waals surface area contributed by atoms with Gasteiger partial charge in [-0.2, -0.15) is 0 Å². The topological polar surface area (TPSA) is 147 Å². The molecule has 2 fully saturated rings. The van der Waals surface area contributed by atoms with Crippen LogP contribution in [0.25, 0.3) is 11.2 Å². The molecule has 1 unspecified atom stereocenters. The summed E-state index contributed by atoms with van der Waals surface area (Å²) >= 11 is 6.08. The number of aliphatic hydroxyl groups excluding tert-OH is 2. The number of aromatic nitrogens is 4. The molecule has 0 aliphatic carbocycles. The van der Waals surface area contributed by atoms with Crippen LogP contribution in [0.5, 0.6) is 0 Å². The van der Waals surface area contributed by atoms with E-state index in [4.69, 9.17) is 35.6 Å². The van der Waals surface area contributed by atoms with E-state index in [1.165, 1.54) is 17.2 Å². The summed E-state index contributed by atoms with van der Waals surface area (Å²) in [6.45, 7) is 0.427. The average Bonchev–Trinajstić information content (AvgIpc) is 3.35. The van der Waals surface area contributed by atoms with E-state index in [9.17, 15) is 10.2 Å². The van der Waals surface area contributed by atoms with Crippen molar-refractivity contribution in [2.75, 3.05) is 18.9 Å². The number of imidazole rings is 1. The summed E-state index contributed by atoms with van der Waals surface area (Å²) in [4.78, 5) is 12.2. The van der Waals surface area contributed by atoms with Gasteiger partial charge >= 0.3 is 8.60 Å². The Hall–Kier alpha value is -1.95. The van der Waals surface area contributed by atoms with E-state index >= 15 is 0 Å². The number of ether oxygens (including phenoxy) is 1. The third-order valence-electron chi connectivity index (χ3n) is 5.35. The third-order valence-corrected chi connectivity index (χ3v) is 6.77. The molecule has 0 radical (unpaired) electrons. The zero-order valence-electron chi connectivity index (χ0n) is 16.7. The van der Waals surface area contributed by atoms with Crippen molar-refractivity contribution in [2.24, 2.45) is 0 Å². The van der Waals surface area contributed by atoms with Gasteiger partial charge in [0.15, 0.2) is 17.7 Å². The highest BCUT2D eigenvalue weighted by Gasteiger charge is 2.45. The number of nitrogen functional groups attached to an aromatic ring is 1. The van der Waals surface area contributed by atoms with Crippen molar-refractivity contribution in [1.29, 1.82) is 0 Å². The number of rotatable bonds is 5. The smallest absolute Gasteiger partial charge is 0.333 e. The molecule has 4 N–H and O–H groups in total. The molecule has 0 saturated carbocycles. The lowest BCUT2D eigenvalue weighted by atomic mass is 10.1. The number of nitrogens with two attached hydrogens (primary N) is 1. The molecule has 170 valence electrons. The van der Waals surface area contributed by atoms with Crippen LogP contribution in [-0.4, -0.2) is 61.3 Å². The summed E-state index contributed by atoms with van der Waals surface area (Å²) in [5.41, 5.74) is 7.54. The minimum absolute atomic E-state index is 0.0353. The second kappa shape index (κ2) is 9.12. The van der Waals surface area contributed by atoms with Crippen LogP contribution in [0.15, 0.2) is 36.9 Å². The summed E-state index contributed by atoms with van der Waals surface area (Å²) in [7, 11) is -1.66. The van der Waals surface area contributed by atoms with Crippen molar-refractivity contribution < 1.29 is 28.5 Å². The highest BCUT2D eigenvalue weighted by Crippen LogP contribution is 2.50. The van der Waals surface area contributed by atoms with Crippen molar-refractivity contribution in [3.8, 4) is 0 Å². The first-order valence-electron chi connectivity index (χ1n) is 9.94. The summed E-state index contributed by atoms with van der Waals surface area (Å²) in [5, 5.41) is 21.7. The molecular weight excluding hydrogens is 461 g/mol. The van der Waals surface area contributed by atoms with Gasteiger partial charge < -0.3 is 34.3 Å². The van der Waals surface area contributed by atoms with Crippen molar-refractivity contribution in [1.82, 2.24) is 19.5 Å². The first kappa shape index (κ1) is 21.9. The lowest BCUT2D eigenvalue weighted by molar-refractivity contribution is -0.0529. The van der Waals surface area contributed by atoms with Crippen molar-refractivity contribution >= 4 is 37.2 Å². The van der Waals surface area contributed by atoms with Crippen LogP contribution >= 0.6 is 20.2 Å². The Balaban J connectivity index is 1.24. The number of anilines is 1. The minimum atomic E-state index is -1.66. The lowest BCUT2D eigenvalue weighted by Crippen LogP contribution is -2.33. The van der Waals surface area contributed by atoms with E-state index < -0.39 is 33.1 Å². The fraction of sp³-hybridized carbons (Fsp3) is 0.421. The second-order valence-electron chi connectivity index (χ2n) is 7.42. The maximum atomic E-state index is 10.6. The molecule has 32 heavy (non-hydrogen) atoms. The molecule has 2 aliphatic rings. The molecule has 0 bridgehead atoms. The molecule has 0 amide bonds. The number of nitrogens with zero attached hydrogens (tertiary/aromatic N) is 4. The minimum Gasteiger partial charge on any atom is -0.387 e. The molecule has 2 aromatic heterocycles. The lowest BCUT2D eigenvalue weighted by Gasteiger charge is -2.29. The van der Waals surface area contributed by atoms with Gasteiger partial charge in [0.25, 0.3) is 0 Å². The molecular formula is C19H21ClN5O6P. The van der Waals surface area contributed by atoms with E-state index in [0.29, 0.717) is 29.2 Å². The van der Waals surface area contributed by atoms with Crippen molar-refractivity contribution in [3.05, 3.63) is 47.5 Å². The molecule has 6 atom stereocenters. The zero-order valence-corrected chi connectivity index (χ0v) is 18.3. The van der Waals surface area contributed by atoms with Crippen LogP contribution in [0, 0.1) is 0 Å². The largest absolute Gasteiger partial charge is 0.387 e. The molecule has 5 rings (SSSR count). The Morgan fingerprint density at radius 2 is 2.12 bits per heavy atom. The fourth-order valence-electron chi connectivity index (χ4n) is 3.71. The third kappa shape index (κ3) is 4.18. The quantitative estimate of drug-likeness (QED) is 0.463. The van der Waals surface area contributed by atoms with E-state index in [0.717, 1.165) is 5.56 Å². The number of fused-ring (bicyclic) bond motifs is 1. The molecule has 2 aliphatic heterocycles. The van der Waals surface area contributed by atoms with Gasteiger partial charge in [-0.15, -0.1) is 0 Å². The Labute approximate surface area is 189 Å². The van der Waals surface area contributed by atoms with Gasteiger partial charge in [-0.05, 0) is 17.7 Å². The van der Waals surface area contributed by atoms with Crippen LogP contribution in [0.1, 0.15) is 24.3 Å². The molecule has 4 heterocycles. The summed E-state index contributed by atoms with van der Waals surface area (Å²) in [5.74, 6) is 0.213. The Bertz CT molecular complexity index is 1110. The second-order valence-corrected chi connectivity index (χ2v) is 9.03. The Morgan fingerprint density at radius 1 is 1.25 bits per heavy atom. The SMILES string of the molecule is Nc1ncnc2c1ncn2[C@@H]1O[C@H](COP2OCC[C@@H](c3cccc(Cl)c3)O2)[C@@H](O)[C@H]1O. The summed E-state index contributed by atoms with van der Waals surface area (Å²) < 4.78 is 24.7. The molecule has 0 spiro atoms. The average molecular weight is 482 g/mol. The van der Waals surface area contributed by atoms with Gasteiger partial charge in [0.05, 0.1) is 25.6 Å². The van der Waals surface area contributed by atoms with E-state index in [1.807, 2.05) is 18.2 Å². The van der Waals surface area contributed by atoms with Gasteiger partial charge in [-0.1, -0.05) is 23.7 Å². The van der Waals surface area contributed by atoms with Crippen LogP contribution in [0.3, 0.4) is 0 Å². The summed E-state index contributed by atoms with van der Waals surface area (Å²) in [6, 6.07) is 7.45. The van der Waals surface area contributed by atoms with Crippen molar-refractivity contribution in [2.45, 2.75) is 37.1 Å². The van der Waals surface area contributed by atoms with Crippen LogP contribution in [0.4, 0.5) is 5.82 Å². The molecule has 13 heteroatoms. The Morgan fingerprint density at radius 3 is 2.97 bits per heavy atom. The number of aliphatic hydroxyl groups is 2. The van der Waals surface area contributed by atoms with Gasteiger partial charge in [0.1, 0.15) is 30.2 Å². The van der Waals surface area contributed by atoms with Crippen molar-refractivity contribution in [3.63, 3.8) is 0 Å². The summed E-state index contributed by atoms with van der Waals surface area (Å²) in [6.07, 6.45) is -0.950. The van der Waals surface area contributed by atoms with Gasteiger partial charge in [-0.25, -0.2) is 15.0 Å². The fourth-order valence-corrected chi connectivity index (χ4v) is 5.06. The highest BCUT2D eigenvalue weighted by molar-refractivity contribution is 7.41. The molecule has 3 aromatic rings. The first-order valence-corrected chi connectivity index (χ1v) is 11.4. The van der Waals surface area contributed by atoms with Gasteiger partial charge in [0, 0.05) is 11.4 Å². The van der Waals surface area contributed by atoms with E-state index in [2.05, 4.69) is 15.0 Å². The number of hydrogen-bond acceptors (Lipinski definition) is 10. The number of benzene rings is 1. The molecule has 2 saturated heterocycles. The molecule has 1 aromatic carbocycles. The van der Waals surface area contributed by atoms with Gasteiger partial charge in [-0.3, -0.25) is 4.57 Å². The number of hydrogen-bond donors (Lipinski definition) is 3. The molecule has 11 nitrogen and oxygen atoms in total. The zero-order chi connectivity index (χ0) is 22.2. The van der Waals surface area contributed by atoms with Crippen LogP contribution in [0.2, 0.25) is 5.02 Å². The standard InChI is InChI=1S/C19H21ClN5O6P/c20-11-3-1-2-10(6-11)12-4-5-28-32(31-12)29-7-13-15(26)16(27)19(30-13)25-9-24-14-17(21)22-8-23-18(14)25/h1-3,6,8-9,12-13,15-16,19,26-27H,4-5,7H2,(H2,21,22,23)/t12-,13+,15+,16+,19+,32?/m0/s1. The normalized spacial score (nSPS) is 30.7. The Kier molecular flexibility index (Phi) is 6.24. The predicted octanol–water partition coefficient (Wildman–Crippen LogP) is 2.10. The monoisotopic (exact) mass is 481 g/mol. The van der Waals surface area contributed by atoms with E-state index in [1.54, 1.807) is 6.07 Å². The first-order chi connectivity index (χ1) is 15.5. The highest BCUT2D eigenvalue weighted by atomic mass is 35.5. The van der Waals surface area contributed by atoms with Crippen LogP contribution < -0.4 is 5.73 Å². The maximum absolute atomic E-state index is 10.6.